The number of methoxy groups -OCH3 is 2. The average Bonchev–Trinajstić information content (AvgIpc) is 3.53. The quantitative estimate of drug-likeness (QED) is 0.328. The molecule has 1 aromatic carbocycles. The van der Waals surface area contributed by atoms with Crippen LogP contribution in [-0.4, -0.2) is 62.9 Å². The molecule has 36 heavy (non-hydrogen) atoms. The van der Waals surface area contributed by atoms with Gasteiger partial charge in [0.2, 0.25) is 0 Å². The van der Waals surface area contributed by atoms with E-state index >= 15 is 0 Å². The van der Waals surface area contributed by atoms with E-state index in [0.29, 0.717) is 59.1 Å². The number of nitrogen functional groups attached to an aromatic ring is 1. The molecule has 0 atom stereocenters. The summed E-state index contributed by atoms with van der Waals surface area (Å²) < 4.78 is 13.5. The van der Waals surface area contributed by atoms with Crippen molar-refractivity contribution < 1.29 is 14.3 Å². The van der Waals surface area contributed by atoms with Crippen molar-refractivity contribution in [1.82, 2.24) is 29.5 Å². The topological polar surface area (TPSA) is 126 Å². The fourth-order valence-corrected chi connectivity index (χ4v) is 3.96. The first kappa shape index (κ1) is 25.6. The van der Waals surface area contributed by atoms with Gasteiger partial charge < -0.3 is 15.2 Å². The highest BCUT2D eigenvalue weighted by Gasteiger charge is 2.28. The molecule has 0 unspecified atom stereocenters. The highest BCUT2D eigenvalue weighted by atomic mass is 35.5. The zero-order chi connectivity index (χ0) is 25.7. The summed E-state index contributed by atoms with van der Waals surface area (Å²) in [4.78, 5) is 24.3. The van der Waals surface area contributed by atoms with E-state index in [2.05, 4.69) is 20.2 Å². The third-order valence-corrected chi connectivity index (χ3v) is 6.12. The fourth-order valence-electron chi connectivity index (χ4n) is 3.57. The Morgan fingerprint density at radius 1 is 1.03 bits per heavy atom. The molecule has 0 radical (unpaired) electrons. The van der Waals surface area contributed by atoms with Gasteiger partial charge in [0.05, 0.1) is 48.7 Å². The molecule has 4 rings (SSSR count). The maximum atomic E-state index is 13.9. The lowest BCUT2D eigenvalue weighted by Crippen LogP contribution is -2.32. The number of halogens is 2. The molecule has 3 heterocycles. The number of nitrogens with zero attached hydrogens (tertiary/aromatic N) is 7. The van der Waals surface area contributed by atoms with Crippen LogP contribution in [0.15, 0.2) is 48.9 Å². The molecule has 0 aliphatic heterocycles. The zero-order valence-corrected chi connectivity index (χ0v) is 21.1. The van der Waals surface area contributed by atoms with Gasteiger partial charge in [0.25, 0.3) is 5.91 Å². The van der Waals surface area contributed by atoms with E-state index in [1.54, 1.807) is 66.3 Å². The average molecular weight is 531 g/mol. The number of benzene rings is 1. The smallest absolute Gasteiger partial charge is 0.283 e. The van der Waals surface area contributed by atoms with E-state index in [4.69, 9.17) is 38.4 Å². The zero-order valence-electron chi connectivity index (χ0n) is 19.6. The van der Waals surface area contributed by atoms with Gasteiger partial charge in [0.15, 0.2) is 11.6 Å². The van der Waals surface area contributed by atoms with E-state index in [-0.39, 0.29) is 11.6 Å². The van der Waals surface area contributed by atoms with Crippen molar-refractivity contribution in [2.75, 3.05) is 38.1 Å². The van der Waals surface area contributed by atoms with Crippen molar-refractivity contribution in [2.24, 2.45) is 0 Å². The molecule has 0 aliphatic carbocycles. The summed E-state index contributed by atoms with van der Waals surface area (Å²) in [5.41, 5.74) is 7.51. The summed E-state index contributed by atoms with van der Waals surface area (Å²) in [6.45, 7) is 1.57. The van der Waals surface area contributed by atoms with Crippen molar-refractivity contribution in [3.63, 3.8) is 0 Å². The number of hydrogen-bond acceptors (Lipinski definition) is 8. The molecule has 13 heteroatoms. The number of nitrogens with two attached hydrogens (primary N) is 1. The third-order valence-electron chi connectivity index (χ3n) is 5.30. The Kier molecular flexibility index (Phi) is 8.16. The van der Waals surface area contributed by atoms with E-state index in [0.717, 1.165) is 0 Å². The molecular formula is C23H24Cl2N8O3. The Bertz CT molecular complexity index is 1360. The van der Waals surface area contributed by atoms with Gasteiger partial charge in [0, 0.05) is 32.0 Å². The number of rotatable bonds is 10. The van der Waals surface area contributed by atoms with Gasteiger partial charge in [-0.25, -0.2) is 19.5 Å². The Morgan fingerprint density at radius 3 is 2.44 bits per heavy atom. The maximum Gasteiger partial charge on any atom is 0.283 e. The van der Waals surface area contributed by atoms with Crippen LogP contribution in [0.2, 0.25) is 10.0 Å². The molecule has 188 valence electrons. The lowest BCUT2D eigenvalue weighted by molar-refractivity contribution is 0.0982. The van der Waals surface area contributed by atoms with Gasteiger partial charge in [-0.15, -0.1) is 0 Å². The number of aromatic nitrogens is 6. The normalized spacial score (nSPS) is 11.1. The summed E-state index contributed by atoms with van der Waals surface area (Å²) in [6.07, 6.45) is 4.59. The number of ether oxygens (including phenoxy) is 2. The third kappa shape index (κ3) is 5.19. The highest BCUT2D eigenvalue weighted by Crippen LogP contribution is 2.36. The van der Waals surface area contributed by atoms with Crippen LogP contribution in [0.3, 0.4) is 0 Å². The summed E-state index contributed by atoms with van der Waals surface area (Å²) in [5, 5.41) is 9.26. The molecule has 11 nitrogen and oxygen atoms in total. The van der Waals surface area contributed by atoms with Crippen LogP contribution >= 0.6 is 23.2 Å². The van der Waals surface area contributed by atoms with Gasteiger partial charge in [-0.1, -0.05) is 35.3 Å². The van der Waals surface area contributed by atoms with E-state index in [1.807, 2.05) is 0 Å². The number of amides is 1. The minimum atomic E-state index is -0.398. The van der Waals surface area contributed by atoms with Gasteiger partial charge in [-0.05, 0) is 12.1 Å². The summed E-state index contributed by atoms with van der Waals surface area (Å²) in [5.74, 6) is 0.326. The minimum absolute atomic E-state index is 0.0744. The second kappa shape index (κ2) is 11.5. The Morgan fingerprint density at radius 2 is 1.72 bits per heavy atom. The lowest BCUT2D eigenvalue weighted by atomic mass is 10.1. The second-order valence-corrected chi connectivity index (χ2v) is 8.33. The van der Waals surface area contributed by atoms with Crippen molar-refractivity contribution in [1.29, 1.82) is 0 Å². The number of anilines is 3. The lowest BCUT2D eigenvalue weighted by Gasteiger charge is -2.23. The SMILES string of the molecule is COCCn1nccc1C(=O)N(c1cnc(-c2cccc(Cl)c2Cl)c(N)n1)c1ccnn1CCOC. The molecule has 4 aromatic rings. The van der Waals surface area contributed by atoms with Crippen LogP contribution in [0.25, 0.3) is 11.3 Å². The fraction of sp³-hybridized carbons (Fsp3) is 0.261. The summed E-state index contributed by atoms with van der Waals surface area (Å²) in [7, 11) is 3.17. The second-order valence-electron chi connectivity index (χ2n) is 7.54. The van der Waals surface area contributed by atoms with Crippen molar-refractivity contribution in [2.45, 2.75) is 13.1 Å². The Hall–Kier alpha value is -3.51. The Labute approximate surface area is 217 Å². The van der Waals surface area contributed by atoms with Crippen molar-refractivity contribution in [3.05, 3.63) is 64.7 Å². The molecule has 2 N–H and O–H groups in total. The van der Waals surface area contributed by atoms with Gasteiger partial charge in [-0.3, -0.25) is 9.48 Å². The van der Waals surface area contributed by atoms with E-state index in [9.17, 15) is 4.79 Å². The summed E-state index contributed by atoms with van der Waals surface area (Å²) in [6, 6.07) is 8.47. The first-order valence-electron chi connectivity index (χ1n) is 10.9. The van der Waals surface area contributed by atoms with E-state index < -0.39 is 5.91 Å². The molecule has 0 saturated heterocycles. The molecule has 0 bridgehead atoms. The number of carbonyl (C=O) groups is 1. The van der Waals surface area contributed by atoms with Crippen molar-refractivity contribution in [3.8, 4) is 11.3 Å². The van der Waals surface area contributed by atoms with Crippen LogP contribution in [0, 0.1) is 0 Å². The maximum absolute atomic E-state index is 13.9. The molecule has 1 amide bonds. The van der Waals surface area contributed by atoms with Crippen LogP contribution < -0.4 is 10.6 Å². The molecule has 0 saturated carbocycles. The van der Waals surface area contributed by atoms with E-state index in [1.165, 1.54) is 11.1 Å². The number of hydrogen-bond donors (Lipinski definition) is 1. The molecule has 0 fully saturated rings. The first-order valence-corrected chi connectivity index (χ1v) is 11.6. The number of carbonyl (C=O) groups excluding carboxylic acids is 1. The largest absolute Gasteiger partial charge is 0.383 e. The van der Waals surface area contributed by atoms with Gasteiger partial charge in [-0.2, -0.15) is 10.2 Å². The van der Waals surface area contributed by atoms with Gasteiger partial charge >= 0.3 is 0 Å². The molecule has 3 aromatic heterocycles. The molecule has 0 aliphatic rings. The first-order chi connectivity index (χ1) is 17.5. The van der Waals surface area contributed by atoms with Crippen molar-refractivity contribution >= 4 is 46.6 Å². The predicted octanol–water partition coefficient (Wildman–Crippen LogP) is 3.70. The van der Waals surface area contributed by atoms with Crippen LogP contribution in [0.5, 0.6) is 0 Å². The molecule has 0 spiro atoms. The Balaban J connectivity index is 1.80. The van der Waals surface area contributed by atoms with Gasteiger partial charge in [0.1, 0.15) is 17.2 Å². The molecular weight excluding hydrogens is 507 g/mol. The predicted molar refractivity (Wildman–Crippen MR) is 137 cm³/mol. The van der Waals surface area contributed by atoms with Crippen LogP contribution in [0.1, 0.15) is 10.5 Å². The van der Waals surface area contributed by atoms with Crippen LogP contribution in [-0.2, 0) is 22.6 Å². The highest BCUT2D eigenvalue weighted by molar-refractivity contribution is 6.43. The van der Waals surface area contributed by atoms with Crippen LogP contribution in [0.4, 0.5) is 17.5 Å². The standard InChI is InChI=1S/C23H24Cl2N8O3/c1-35-12-10-31-17(6-8-28-31)23(34)33(19-7-9-29-32(19)11-13-36-2)18-14-27-21(22(26)30-18)15-4-3-5-16(24)20(15)25/h3-9,14H,10-13H2,1-2H3,(H2,26,30). The summed E-state index contributed by atoms with van der Waals surface area (Å²) >= 11 is 12.5. The monoisotopic (exact) mass is 530 g/mol. The minimum Gasteiger partial charge on any atom is -0.383 e.